The number of guanidine groups is 1. The van der Waals surface area contributed by atoms with Crippen molar-refractivity contribution in [1.82, 2.24) is 20.0 Å². The van der Waals surface area contributed by atoms with Crippen LogP contribution in [0.2, 0.25) is 0 Å². The van der Waals surface area contributed by atoms with E-state index in [1.54, 1.807) is 0 Å². The van der Waals surface area contributed by atoms with E-state index in [-0.39, 0.29) is 0 Å². The second kappa shape index (κ2) is 8.69. The fraction of sp³-hybridized carbons (Fsp3) is 0.947. The van der Waals surface area contributed by atoms with Crippen molar-refractivity contribution in [3.63, 3.8) is 0 Å². The average molecular weight is 352 g/mol. The second-order valence-corrected chi connectivity index (χ2v) is 7.99. The Morgan fingerprint density at radius 1 is 1.16 bits per heavy atom. The number of ether oxygens (including phenoxy) is 1. The summed E-state index contributed by atoms with van der Waals surface area (Å²) < 4.78 is 5.67. The first-order chi connectivity index (χ1) is 12.2. The van der Waals surface area contributed by atoms with Gasteiger partial charge in [0.15, 0.2) is 5.96 Å². The molecule has 2 unspecified atom stereocenters. The lowest BCUT2D eigenvalue weighted by Crippen LogP contribution is -2.50. The highest BCUT2D eigenvalue weighted by Gasteiger charge is 2.42. The summed E-state index contributed by atoms with van der Waals surface area (Å²) in [6, 6.07) is 0.513. The Morgan fingerprint density at radius 3 is 2.60 bits per heavy atom. The predicted molar refractivity (Wildman–Crippen MR) is 103 cm³/mol. The Bertz CT molecular complexity index is 441. The summed E-state index contributed by atoms with van der Waals surface area (Å²) in [5.74, 6) is 1.10. The van der Waals surface area contributed by atoms with E-state index in [0.717, 1.165) is 45.4 Å². The summed E-state index contributed by atoms with van der Waals surface area (Å²) in [5.41, 5.74) is 0.387. The summed E-state index contributed by atoms with van der Waals surface area (Å²) in [6.45, 7) is 18.5. The molecule has 3 aliphatic heterocycles. The predicted octanol–water partition coefficient (Wildman–Crippen LogP) is 1.09. The number of rotatable bonds is 5. The molecular formula is C19H37N5O. The van der Waals surface area contributed by atoms with Gasteiger partial charge in [-0.05, 0) is 33.2 Å². The molecule has 0 amide bonds. The van der Waals surface area contributed by atoms with E-state index in [4.69, 9.17) is 9.73 Å². The van der Waals surface area contributed by atoms with Crippen LogP contribution in [0.4, 0.5) is 0 Å². The lowest BCUT2D eigenvalue weighted by molar-refractivity contribution is 0.109. The maximum atomic E-state index is 5.67. The zero-order chi connectivity index (χ0) is 17.7. The van der Waals surface area contributed by atoms with E-state index < -0.39 is 0 Å². The molecule has 3 fully saturated rings. The monoisotopic (exact) mass is 351 g/mol. The molecule has 3 heterocycles. The van der Waals surface area contributed by atoms with Gasteiger partial charge in [0.2, 0.25) is 0 Å². The Balaban J connectivity index is 1.53. The van der Waals surface area contributed by atoms with Crippen LogP contribution in [0, 0.1) is 5.41 Å². The van der Waals surface area contributed by atoms with Crippen molar-refractivity contribution in [3.8, 4) is 0 Å². The number of likely N-dealkylation sites (tertiary alicyclic amines) is 1. The molecule has 0 aliphatic carbocycles. The van der Waals surface area contributed by atoms with Crippen LogP contribution in [-0.4, -0.2) is 98.8 Å². The first-order valence-electron chi connectivity index (χ1n) is 10.2. The van der Waals surface area contributed by atoms with Crippen LogP contribution in [0.25, 0.3) is 0 Å². The van der Waals surface area contributed by atoms with E-state index in [1.165, 1.54) is 45.6 Å². The molecule has 0 radical (unpaired) electrons. The van der Waals surface area contributed by atoms with E-state index in [9.17, 15) is 0 Å². The summed E-state index contributed by atoms with van der Waals surface area (Å²) in [7, 11) is 0. The van der Waals surface area contributed by atoms with Gasteiger partial charge in [-0.2, -0.15) is 0 Å². The van der Waals surface area contributed by atoms with Crippen LogP contribution in [0.15, 0.2) is 4.99 Å². The van der Waals surface area contributed by atoms with Crippen LogP contribution in [0.1, 0.15) is 33.6 Å². The third-order valence-corrected chi connectivity index (χ3v) is 6.24. The van der Waals surface area contributed by atoms with Crippen molar-refractivity contribution in [2.75, 3.05) is 72.1 Å². The van der Waals surface area contributed by atoms with Gasteiger partial charge in [-0.15, -0.1) is 0 Å². The number of aliphatic imine (C=N–C) groups is 1. The van der Waals surface area contributed by atoms with Crippen molar-refractivity contribution in [3.05, 3.63) is 0 Å². The Labute approximate surface area is 153 Å². The van der Waals surface area contributed by atoms with Gasteiger partial charge in [0.25, 0.3) is 0 Å². The molecule has 0 bridgehead atoms. The topological polar surface area (TPSA) is 43.3 Å². The summed E-state index contributed by atoms with van der Waals surface area (Å²) in [5, 5.41) is 3.51. The number of hydrogen-bond donors (Lipinski definition) is 1. The van der Waals surface area contributed by atoms with Crippen molar-refractivity contribution in [1.29, 1.82) is 0 Å². The quantitative estimate of drug-likeness (QED) is 0.593. The number of piperazine rings is 1. The molecule has 2 atom stereocenters. The van der Waals surface area contributed by atoms with Crippen molar-refractivity contribution < 1.29 is 4.74 Å². The molecule has 6 heteroatoms. The molecule has 1 N–H and O–H groups in total. The van der Waals surface area contributed by atoms with Gasteiger partial charge in [0.1, 0.15) is 0 Å². The highest BCUT2D eigenvalue weighted by atomic mass is 16.5. The smallest absolute Gasteiger partial charge is 0.193 e. The maximum Gasteiger partial charge on any atom is 0.193 e. The van der Waals surface area contributed by atoms with Gasteiger partial charge < -0.3 is 19.9 Å². The van der Waals surface area contributed by atoms with E-state index >= 15 is 0 Å². The minimum atomic E-state index is 0.387. The minimum absolute atomic E-state index is 0.387. The molecule has 0 aromatic heterocycles. The number of hydrogen-bond acceptors (Lipinski definition) is 4. The van der Waals surface area contributed by atoms with Gasteiger partial charge in [0, 0.05) is 63.9 Å². The SMILES string of the molecule is CCNC(=NCC(C)N1CCN(CC)CC1)N1CCC2(CCOC2)C1. The molecular weight excluding hydrogens is 314 g/mol. The number of nitrogens with zero attached hydrogens (tertiary/aromatic N) is 4. The summed E-state index contributed by atoms with van der Waals surface area (Å²) in [4.78, 5) is 12.6. The molecule has 0 aromatic rings. The third kappa shape index (κ3) is 4.66. The van der Waals surface area contributed by atoms with Gasteiger partial charge in [0.05, 0.1) is 13.2 Å². The first kappa shape index (κ1) is 18.9. The van der Waals surface area contributed by atoms with E-state index in [2.05, 4.69) is 40.8 Å². The highest BCUT2D eigenvalue weighted by Crippen LogP contribution is 2.38. The largest absolute Gasteiger partial charge is 0.381 e. The molecule has 0 saturated carbocycles. The molecule has 25 heavy (non-hydrogen) atoms. The van der Waals surface area contributed by atoms with Crippen LogP contribution in [-0.2, 0) is 4.74 Å². The van der Waals surface area contributed by atoms with E-state index in [1.807, 2.05) is 0 Å². The fourth-order valence-corrected chi connectivity index (χ4v) is 4.37. The van der Waals surface area contributed by atoms with Crippen LogP contribution in [0.3, 0.4) is 0 Å². The Kier molecular flexibility index (Phi) is 6.58. The minimum Gasteiger partial charge on any atom is -0.381 e. The third-order valence-electron chi connectivity index (χ3n) is 6.24. The molecule has 3 rings (SSSR count). The van der Waals surface area contributed by atoms with Gasteiger partial charge >= 0.3 is 0 Å². The van der Waals surface area contributed by atoms with Crippen molar-refractivity contribution >= 4 is 5.96 Å². The second-order valence-electron chi connectivity index (χ2n) is 7.99. The van der Waals surface area contributed by atoms with Gasteiger partial charge in [-0.1, -0.05) is 6.92 Å². The van der Waals surface area contributed by atoms with Crippen LogP contribution < -0.4 is 5.32 Å². The number of nitrogens with one attached hydrogen (secondary N) is 1. The van der Waals surface area contributed by atoms with Crippen molar-refractivity contribution in [2.24, 2.45) is 10.4 Å². The van der Waals surface area contributed by atoms with Crippen LogP contribution in [0.5, 0.6) is 0 Å². The average Bonchev–Trinajstić information content (AvgIpc) is 3.28. The molecule has 144 valence electrons. The Hall–Kier alpha value is -0.850. The van der Waals surface area contributed by atoms with E-state index in [0.29, 0.717) is 11.5 Å². The maximum absolute atomic E-state index is 5.67. The highest BCUT2D eigenvalue weighted by molar-refractivity contribution is 5.80. The van der Waals surface area contributed by atoms with Crippen LogP contribution >= 0.6 is 0 Å². The lowest BCUT2D eigenvalue weighted by Gasteiger charge is -2.37. The molecule has 3 aliphatic rings. The zero-order valence-electron chi connectivity index (χ0n) is 16.5. The molecule has 3 saturated heterocycles. The normalized spacial score (nSPS) is 30.4. The first-order valence-corrected chi connectivity index (χ1v) is 10.2. The summed E-state index contributed by atoms with van der Waals surface area (Å²) in [6.07, 6.45) is 2.45. The summed E-state index contributed by atoms with van der Waals surface area (Å²) >= 11 is 0. The lowest BCUT2D eigenvalue weighted by atomic mass is 9.87. The van der Waals surface area contributed by atoms with Gasteiger partial charge in [-0.25, -0.2) is 0 Å². The molecule has 1 spiro atoms. The Morgan fingerprint density at radius 2 is 1.96 bits per heavy atom. The standard InChI is InChI=1S/C19H37N5O/c1-4-20-18(24-8-6-19(15-24)7-13-25-16-19)21-14-17(3)23-11-9-22(5-2)10-12-23/h17H,4-16H2,1-3H3,(H,20,21). The van der Waals surface area contributed by atoms with Crippen molar-refractivity contribution in [2.45, 2.75) is 39.7 Å². The fourth-order valence-electron chi connectivity index (χ4n) is 4.37. The zero-order valence-corrected chi connectivity index (χ0v) is 16.5. The molecule has 0 aromatic carbocycles. The number of likely N-dealkylation sites (N-methyl/N-ethyl adjacent to an activating group) is 1. The van der Waals surface area contributed by atoms with Gasteiger partial charge in [-0.3, -0.25) is 9.89 Å². The molecule has 6 nitrogen and oxygen atoms in total.